The fourth-order valence-corrected chi connectivity index (χ4v) is 1.97. The summed E-state index contributed by atoms with van der Waals surface area (Å²) in [6, 6.07) is 3.96. The van der Waals surface area contributed by atoms with Crippen LogP contribution in [0, 0.1) is 21.3 Å². The van der Waals surface area contributed by atoms with Crippen LogP contribution in [0.1, 0.15) is 33.3 Å². The third-order valence-electron chi connectivity index (χ3n) is 3.17. The van der Waals surface area contributed by atoms with Gasteiger partial charge in [0.1, 0.15) is 5.82 Å². The molecule has 1 N–H and O–H groups in total. The molecule has 0 aliphatic heterocycles. The van der Waals surface area contributed by atoms with Crippen molar-refractivity contribution in [3.05, 3.63) is 39.7 Å². The minimum Gasteiger partial charge on any atom is -0.313 e. The van der Waals surface area contributed by atoms with Crippen molar-refractivity contribution >= 4 is 5.69 Å². The molecule has 0 saturated carbocycles. The maximum atomic E-state index is 13.9. The van der Waals surface area contributed by atoms with E-state index in [-0.39, 0.29) is 17.1 Å². The second-order valence-electron chi connectivity index (χ2n) is 5.71. The number of halogens is 1. The number of nitro groups is 1. The summed E-state index contributed by atoms with van der Waals surface area (Å²) in [5.74, 6) is -0.513. The van der Waals surface area contributed by atoms with Crippen molar-refractivity contribution in [2.24, 2.45) is 5.41 Å². The molecule has 1 aromatic rings. The van der Waals surface area contributed by atoms with E-state index in [1.165, 1.54) is 12.1 Å². The van der Waals surface area contributed by atoms with Gasteiger partial charge in [0.15, 0.2) is 0 Å². The van der Waals surface area contributed by atoms with Crippen LogP contribution in [0.3, 0.4) is 0 Å². The summed E-state index contributed by atoms with van der Waals surface area (Å²) >= 11 is 0. The van der Waals surface area contributed by atoms with Crippen LogP contribution in [0.25, 0.3) is 0 Å². The maximum Gasteiger partial charge on any atom is 0.272 e. The van der Waals surface area contributed by atoms with E-state index < -0.39 is 10.7 Å². The van der Waals surface area contributed by atoms with Gasteiger partial charge in [0.05, 0.1) is 11.0 Å². The molecule has 0 aliphatic carbocycles. The Labute approximate surface area is 113 Å². The van der Waals surface area contributed by atoms with Gasteiger partial charge < -0.3 is 5.32 Å². The van der Waals surface area contributed by atoms with Gasteiger partial charge in [0.25, 0.3) is 5.69 Å². The van der Waals surface area contributed by atoms with Crippen molar-refractivity contribution in [1.82, 2.24) is 5.32 Å². The first kappa shape index (κ1) is 15.6. The van der Waals surface area contributed by atoms with Crippen molar-refractivity contribution in [3.8, 4) is 0 Å². The first-order chi connectivity index (χ1) is 8.75. The summed E-state index contributed by atoms with van der Waals surface area (Å²) in [5, 5.41) is 13.9. The van der Waals surface area contributed by atoms with Gasteiger partial charge in [0, 0.05) is 12.1 Å². The van der Waals surface area contributed by atoms with E-state index in [0.29, 0.717) is 12.0 Å². The van der Waals surface area contributed by atoms with E-state index >= 15 is 0 Å². The largest absolute Gasteiger partial charge is 0.313 e. The highest BCUT2D eigenvalue weighted by atomic mass is 19.1. The average molecular weight is 268 g/mol. The molecule has 0 aromatic heterocycles. The molecule has 19 heavy (non-hydrogen) atoms. The molecular formula is C14H21FN2O2. The Balaban J connectivity index is 2.94. The van der Waals surface area contributed by atoms with E-state index in [0.717, 1.165) is 12.6 Å². The predicted octanol–water partition coefficient (Wildman–Crippen LogP) is 3.30. The van der Waals surface area contributed by atoms with Crippen molar-refractivity contribution in [1.29, 1.82) is 0 Å². The van der Waals surface area contributed by atoms with Crippen LogP contribution in [0.15, 0.2) is 18.2 Å². The minimum atomic E-state index is -0.585. The van der Waals surface area contributed by atoms with Crippen LogP contribution >= 0.6 is 0 Å². The minimum absolute atomic E-state index is 0.00970. The molecule has 1 rings (SSSR count). The van der Waals surface area contributed by atoms with Crippen LogP contribution in [0.4, 0.5) is 10.1 Å². The lowest BCUT2D eigenvalue weighted by Crippen LogP contribution is -2.42. The van der Waals surface area contributed by atoms with Crippen LogP contribution < -0.4 is 5.32 Å². The third kappa shape index (κ3) is 4.28. The van der Waals surface area contributed by atoms with Gasteiger partial charge in [-0.15, -0.1) is 0 Å². The second kappa shape index (κ2) is 6.10. The topological polar surface area (TPSA) is 55.2 Å². The van der Waals surface area contributed by atoms with Crippen LogP contribution in [-0.2, 0) is 6.42 Å². The highest BCUT2D eigenvalue weighted by Gasteiger charge is 2.25. The quantitative estimate of drug-likeness (QED) is 0.658. The molecule has 0 fully saturated rings. The molecule has 4 nitrogen and oxygen atoms in total. The summed E-state index contributed by atoms with van der Waals surface area (Å²) in [6.07, 6.45) is 0.515. The van der Waals surface area contributed by atoms with Gasteiger partial charge >= 0.3 is 0 Å². The number of hydrogen-bond acceptors (Lipinski definition) is 3. The van der Waals surface area contributed by atoms with E-state index in [1.807, 2.05) is 6.92 Å². The SMILES string of the molecule is CCNC(Cc1ccc([N+](=O)[O-])cc1F)C(C)(C)C. The van der Waals surface area contributed by atoms with Gasteiger partial charge in [-0.1, -0.05) is 27.7 Å². The number of nitrogens with zero attached hydrogens (tertiary/aromatic N) is 1. The Morgan fingerprint density at radius 3 is 2.47 bits per heavy atom. The average Bonchev–Trinajstić information content (AvgIpc) is 2.29. The number of non-ortho nitro benzene ring substituents is 1. The lowest BCUT2D eigenvalue weighted by molar-refractivity contribution is -0.385. The summed E-state index contributed by atoms with van der Waals surface area (Å²) in [5.41, 5.74) is 0.285. The van der Waals surface area contributed by atoms with Crippen molar-refractivity contribution in [2.75, 3.05) is 6.54 Å². The number of nitrogens with one attached hydrogen (secondary N) is 1. The van der Waals surface area contributed by atoms with E-state index in [4.69, 9.17) is 0 Å². The molecule has 0 heterocycles. The number of benzene rings is 1. The zero-order valence-electron chi connectivity index (χ0n) is 11.9. The smallest absolute Gasteiger partial charge is 0.272 e. The highest BCUT2D eigenvalue weighted by molar-refractivity contribution is 5.34. The maximum absolute atomic E-state index is 13.9. The van der Waals surface area contributed by atoms with Gasteiger partial charge in [0.2, 0.25) is 0 Å². The molecule has 0 aliphatic rings. The summed E-state index contributed by atoms with van der Waals surface area (Å²) in [6.45, 7) is 9.07. The lowest BCUT2D eigenvalue weighted by Gasteiger charge is -2.31. The van der Waals surface area contributed by atoms with Crippen molar-refractivity contribution in [2.45, 2.75) is 40.2 Å². The zero-order chi connectivity index (χ0) is 14.6. The van der Waals surface area contributed by atoms with Gasteiger partial charge in [-0.3, -0.25) is 10.1 Å². The molecule has 106 valence electrons. The van der Waals surface area contributed by atoms with Crippen molar-refractivity contribution in [3.63, 3.8) is 0 Å². The highest BCUT2D eigenvalue weighted by Crippen LogP contribution is 2.25. The Morgan fingerprint density at radius 2 is 2.05 bits per heavy atom. The summed E-state index contributed by atoms with van der Waals surface area (Å²) < 4.78 is 13.9. The predicted molar refractivity (Wildman–Crippen MR) is 73.7 cm³/mol. The molecule has 0 spiro atoms. The lowest BCUT2D eigenvalue weighted by atomic mass is 9.83. The molecule has 0 saturated heterocycles. The Hall–Kier alpha value is -1.49. The van der Waals surface area contributed by atoms with Crippen LogP contribution in [0.5, 0.6) is 0 Å². The Kier molecular flexibility index (Phi) is 5.00. The number of likely N-dealkylation sites (N-methyl/N-ethyl adjacent to an activating group) is 1. The summed E-state index contributed by atoms with van der Waals surface area (Å²) in [4.78, 5) is 9.99. The molecule has 0 amide bonds. The van der Waals surface area contributed by atoms with Gasteiger partial charge in [-0.2, -0.15) is 0 Å². The molecule has 1 aromatic carbocycles. The van der Waals surface area contributed by atoms with Gasteiger partial charge in [-0.25, -0.2) is 4.39 Å². The standard InChI is InChI=1S/C14H21FN2O2/c1-5-16-13(14(2,3)4)8-10-6-7-11(17(18)19)9-12(10)15/h6-7,9,13,16H,5,8H2,1-4H3. The zero-order valence-corrected chi connectivity index (χ0v) is 11.9. The van der Waals surface area contributed by atoms with Crippen LogP contribution in [-0.4, -0.2) is 17.5 Å². The Bertz CT molecular complexity index is 455. The molecule has 0 bridgehead atoms. The van der Waals surface area contributed by atoms with Crippen LogP contribution in [0.2, 0.25) is 0 Å². The molecule has 1 unspecified atom stereocenters. The van der Waals surface area contributed by atoms with Gasteiger partial charge in [-0.05, 0) is 30.0 Å². The normalized spacial score (nSPS) is 13.3. The second-order valence-corrected chi connectivity index (χ2v) is 5.71. The first-order valence-electron chi connectivity index (χ1n) is 6.42. The monoisotopic (exact) mass is 268 g/mol. The number of hydrogen-bond donors (Lipinski definition) is 1. The first-order valence-corrected chi connectivity index (χ1v) is 6.42. The number of rotatable bonds is 5. The van der Waals surface area contributed by atoms with E-state index in [2.05, 4.69) is 26.1 Å². The fraction of sp³-hybridized carbons (Fsp3) is 0.571. The molecule has 0 radical (unpaired) electrons. The summed E-state index contributed by atoms with van der Waals surface area (Å²) in [7, 11) is 0. The van der Waals surface area contributed by atoms with E-state index in [9.17, 15) is 14.5 Å². The fourth-order valence-electron chi connectivity index (χ4n) is 1.97. The molecule has 1 atom stereocenters. The Morgan fingerprint density at radius 1 is 1.42 bits per heavy atom. The van der Waals surface area contributed by atoms with E-state index in [1.54, 1.807) is 0 Å². The molecular weight excluding hydrogens is 247 g/mol. The third-order valence-corrected chi connectivity index (χ3v) is 3.17. The molecule has 5 heteroatoms. The van der Waals surface area contributed by atoms with Crippen molar-refractivity contribution < 1.29 is 9.31 Å². The number of nitro benzene ring substituents is 1.